The molecule has 0 aromatic rings. The minimum absolute atomic E-state index is 0.0592. The number of likely N-dealkylation sites (tertiary alicyclic amines) is 1. The van der Waals surface area contributed by atoms with Gasteiger partial charge in [0.15, 0.2) is 6.10 Å². The lowest BCUT2D eigenvalue weighted by atomic mass is 9.71. The van der Waals surface area contributed by atoms with E-state index in [1.807, 2.05) is 18.7 Å². The molecule has 0 aromatic heterocycles. The molecule has 1 rings (SSSR count). The number of hydrogen-bond donors (Lipinski definition) is 2. The second kappa shape index (κ2) is 13.2. The Morgan fingerprint density at radius 1 is 1.19 bits per heavy atom. The zero-order valence-corrected chi connectivity index (χ0v) is 24.8. The standard InChI is InChI=1S/C28H55N4O4/c1-11-28(5,22-27(3,4)23(2)36-19-17-30-16-12-14-25(30)34)26(35)29-15-13-18-32(9,10)21-24(33)20-31(6,7)8/h24,33H,2,11-22H2,1,3-10H3/q+1/p+1. The average Bonchev–Trinajstić information content (AvgIpc) is 3.13. The molecule has 8 heteroatoms. The van der Waals surface area contributed by atoms with Gasteiger partial charge in [-0.3, -0.25) is 9.59 Å². The molecule has 1 aliphatic rings. The summed E-state index contributed by atoms with van der Waals surface area (Å²) in [5, 5.41) is 13.6. The first-order valence-electron chi connectivity index (χ1n) is 13.6. The number of hydrogen-bond acceptors (Lipinski definition) is 4. The third kappa shape index (κ3) is 11.2. The van der Waals surface area contributed by atoms with Gasteiger partial charge in [0.25, 0.3) is 0 Å². The Hall–Kier alpha value is -1.64. The van der Waals surface area contributed by atoms with E-state index in [1.54, 1.807) is 0 Å². The molecule has 8 nitrogen and oxygen atoms in total. The van der Waals surface area contributed by atoms with Crippen molar-refractivity contribution in [1.82, 2.24) is 10.2 Å². The van der Waals surface area contributed by atoms with Crippen molar-refractivity contribution in [1.29, 1.82) is 0 Å². The molecule has 2 amide bonds. The molecule has 1 aliphatic heterocycles. The first-order chi connectivity index (χ1) is 16.4. The van der Waals surface area contributed by atoms with Crippen LogP contribution in [0.25, 0.3) is 0 Å². The molecule has 1 saturated heterocycles. The number of aliphatic hydroxyl groups is 1. The molecule has 36 heavy (non-hydrogen) atoms. The number of nitrogens with one attached hydrogen (secondary N) is 1. The smallest absolute Gasteiger partial charge is 0.225 e. The number of aliphatic hydroxyl groups excluding tert-OH is 1. The lowest BCUT2D eigenvalue weighted by Gasteiger charge is -2.37. The number of likely N-dealkylation sites (N-methyl/N-ethyl adjacent to an activating group) is 2. The quantitative estimate of drug-likeness (QED) is 0.178. The van der Waals surface area contributed by atoms with Gasteiger partial charge in [-0.1, -0.05) is 34.3 Å². The van der Waals surface area contributed by atoms with Crippen molar-refractivity contribution < 1.29 is 28.4 Å². The van der Waals surface area contributed by atoms with Crippen molar-refractivity contribution in [3.63, 3.8) is 0 Å². The highest BCUT2D eigenvalue weighted by molar-refractivity contribution is 5.82. The van der Waals surface area contributed by atoms with E-state index in [2.05, 4.69) is 61.0 Å². The molecule has 0 spiro atoms. The van der Waals surface area contributed by atoms with E-state index in [0.717, 1.165) is 41.3 Å². The third-order valence-electron chi connectivity index (χ3n) is 7.41. The van der Waals surface area contributed by atoms with Crippen LogP contribution in [-0.2, 0) is 14.3 Å². The van der Waals surface area contributed by atoms with E-state index >= 15 is 0 Å². The van der Waals surface area contributed by atoms with Crippen LogP contribution in [0, 0.1) is 10.8 Å². The molecule has 0 bridgehead atoms. The van der Waals surface area contributed by atoms with Crippen LogP contribution in [0.2, 0.25) is 0 Å². The lowest BCUT2D eigenvalue weighted by molar-refractivity contribution is -0.907. The number of carbonyl (C=O) groups is 2. The number of amides is 2. The summed E-state index contributed by atoms with van der Waals surface area (Å²) in [6.07, 6.45) is 3.39. The van der Waals surface area contributed by atoms with Crippen molar-refractivity contribution in [3.05, 3.63) is 12.3 Å². The molecule has 210 valence electrons. The number of nitrogens with zero attached hydrogens (tertiary/aromatic N) is 3. The summed E-state index contributed by atoms with van der Waals surface area (Å²) in [6.45, 7) is 17.1. The van der Waals surface area contributed by atoms with Gasteiger partial charge in [-0.05, 0) is 19.3 Å². The van der Waals surface area contributed by atoms with Gasteiger partial charge in [0.2, 0.25) is 11.8 Å². The van der Waals surface area contributed by atoms with E-state index in [9.17, 15) is 14.7 Å². The van der Waals surface area contributed by atoms with Crippen molar-refractivity contribution in [2.75, 3.05) is 81.1 Å². The monoisotopic (exact) mass is 512 g/mol. The normalized spacial score (nSPS) is 17.6. The number of ether oxygens (including phenoxy) is 1. The Morgan fingerprint density at radius 3 is 2.36 bits per heavy atom. The minimum atomic E-state index is -0.536. The van der Waals surface area contributed by atoms with E-state index in [4.69, 9.17) is 4.74 Å². The Bertz CT molecular complexity index is 744. The van der Waals surface area contributed by atoms with Crippen LogP contribution < -0.4 is 5.32 Å². The summed E-state index contributed by atoms with van der Waals surface area (Å²) in [7, 11) is 10.5. The van der Waals surface area contributed by atoms with Crippen LogP contribution in [-0.4, -0.2) is 118 Å². The van der Waals surface area contributed by atoms with Gasteiger partial charge in [0, 0.05) is 36.8 Å². The van der Waals surface area contributed by atoms with Crippen LogP contribution in [0.15, 0.2) is 12.3 Å². The van der Waals surface area contributed by atoms with E-state index in [0.29, 0.717) is 51.4 Å². The maximum atomic E-state index is 13.2. The van der Waals surface area contributed by atoms with E-state index in [1.165, 1.54) is 0 Å². The highest BCUT2D eigenvalue weighted by Crippen LogP contribution is 2.41. The van der Waals surface area contributed by atoms with Crippen molar-refractivity contribution in [2.45, 2.75) is 65.9 Å². The Balaban J connectivity index is 2.51. The maximum absolute atomic E-state index is 13.2. The summed E-state index contributed by atoms with van der Waals surface area (Å²) in [4.78, 5) is 26.8. The molecule has 2 N–H and O–H groups in total. The summed E-state index contributed by atoms with van der Waals surface area (Å²) in [6, 6.07) is 0. The second-order valence-corrected chi connectivity index (χ2v) is 13.3. The van der Waals surface area contributed by atoms with Crippen LogP contribution in [0.1, 0.15) is 59.8 Å². The van der Waals surface area contributed by atoms with Gasteiger partial charge < -0.3 is 29.0 Å². The Kier molecular flexibility index (Phi) is 11.9. The molecule has 1 fully saturated rings. The van der Waals surface area contributed by atoms with Crippen LogP contribution in [0.4, 0.5) is 0 Å². The first kappa shape index (κ1) is 32.4. The number of rotatable bonds is 17. The summed E-state index contributed by atoms with van der Waals surface area (Å²) in [5.41, 5.74) is -0.913. The average molecular weight is 513 g/mol. The molecular formula is C28H56N4O4+2. The number of carbonyl (C=O) groups excluding carboxylic acids is 2. The summed E-state index contributed by atoms with van der Waals surface area (Å²) in [5.74, 6) is 0.915. The van der Waals surface area contributed by atoms with Gasteiger partial charge in [0.05, 0.1) is 54.1 Å². The maximum Gasteiger partial charge on any atom is 0.225 e. The molecule has 2 unspecified atom stereocenters. The highest BCUT2D eigenvalue weighted by atomic mass is 16.5. The van der Waals surface area contributed by atoms with E-state index in [-0.39, 0.29) is 23.3 Å². The molecule has 0 saturated carbocycles. The fourth-order valence-corrected chi connectivity index (χ4v) is 5.13. The fraction of sp³-hybridized carbons (Fsp3) is 0.857. The SMILES string of the molecule is C=C(OCCN1CCCC1=O)C(C)(C)CC(C)(CC)C(=O)NCCC[N+](C)(C)CC(O)C[N+](C)(C)C. The van der Waals surface area contributed by atoms with Gasteiger partial charge in [-0.15, -0.1) is 0 Å². The molecule has 0 aromatic carbocycles. The van der Waals surface area contributed by atoms with Crippen LogP contribution in [0.5, 0.6) is 0 Å². The van der Waals surface area contributed by atoms with Crippen LogP contribution in [0.3, 0.4) is 0 Å². The first-order valence-corrected chi connectivity index (χ1v) is 13.6. The van der Waals surface area contributed by atoms with Gasteiger partial charge in [0.1, 0.15) is 19.7 Å². The van der Waals surface area contributed by atoms with Gasteiger partial charge in [-0.25, -0.2) is 0 Å². The Morgan fingerprint density at radius 2 is 1.83 bits per heavy atom. The lowest BCUT2D eigenvalue weighted by Crippen LogP contribution is -2.52. The molecular weight excluding hydrogens is 456 g/mol. The topological polar surface area (TPSA) is 78.9 Å². The van der Waals surface area contributed by atoms with Crippen molar-refractivity contribution >= 4 is 11.8 Å². The Labute approximate surface area is 220 Å². The van der Waals surface area contributed by atoms with Crippen molar-refractivity contribution in [3.8, 4) is 0 Å². The van der Waals surface area contributed by atoms with Gasteiger partial charge >= 0.3 is 0 Å². The fourth-order valence-electron chi connectivity index (χ4n) is 5.13. The van der Waals surface area contributed by atoms with Crippen LogP contribution >= 0.6 is 0 Å². The molecule has 0 aliphatic carbocycles. The summed E-state index contributed by atoms with van der Waals surface area (Å²) >= 11 is 0. The summed E-state index contributed by atoms with van der Waals surface area (Å²) < 4.78 is 7.39. The zero-order chi connectivity index (χ0) is 27.8. The predicted octanol–water partition coefficient (Wildman–Crippen LogP) is 2.62. The van der Waals surface area contributed by atoms with Gasteiger partial charge in [-0.2, -0.15) is 0 Å². The largest absolute Gasteiger partial charge is 0.496 e. The highest BCUT2D eigenvalue weighted by Gasteiger charge is 2.39. The number of quaternary nitrogens is 2. The van der Waals surface area contributed by atoms with Crippen molar-refractivity contribution in [2.24, 2.45) is 10.8 Å². The predicted molar refractivity (Wildman–Crippen MR) is 146 cm³/mol. The zero-order valence-electron chi connectivity index (χ0n) is 24.8. The molecule has 1 heterocycles. The molecule has 0 radical (unpaired) electrons. The minimum Gasteiger partial charge on any atom is -0.496 e. The molecule has 2 atom stereocenters. The van der Waals surface area contributed by atoms with E-state index < -0.39 is 5.41 Å². The second-order valence-electron chi connectivity index (χ2n) is 13.3. The number of allylic oxidation sites excluding steroid dienone is 1. The third-order valence-corrected chi connectivity index (χ3v) is 7.41.